The van der Waals surface area contributed by atoms with Crippen LogP contribution in [0.3, 0.4) is 0 Å². The molecule has 0 saturated heterocycles. The van der Waals surface area contributed by atoms with E-state index in [2.05, 4.69) is 17.4 Å². The normalized spacial score (nSPS) is 12.4. The third kappa shape index (κ3) is 6.04. The highest BCUT2D eigenvalue weighted by molar-refractivity contribution is 7.99. The zero-order valence-electron chi connectivity index (χ0n) is 15.2. The molecule has 2 aromatic rings. The first-order valence-electron chi connectivity index (χ1n) is 8.86. The highest BCUT2D eigenvalue weighted by Crippen LogP contribution is 2.29. The molecule has 1 N–H and O–H groups in total. The number of amides is 1. The lowest BCUT2D eigenvalue weighted by Crippen LogP contribution is -2.30. The molecular formula is C21H20ClNO4S. The molecule has 2 aromatic carbocycles. The second-order valence-electron chi connectivity index (χ2n) is 6.08. The first kappa shape index (κ1) is 20.3. The average Bonchev–Trinajstić information content (AvgIpc) is 2.72. The Morgan fingerprint density at radius 2 is 2.00 bits per heavy atom. The fraction of sp³-hybridized carbons (Fsp3) is 0.238. The van der Waals surface area contributed by atoms with Crippen LogP contribution in [0.25, 0.3) is 6.08 Å². The van der Waals surface area contributed by atoms with E-state index in [-0.39, 0.29) is 19.1 Å². The lowest BCUT2D eigenvalue weighted by atomic mass is 10.1. The number of thioether (sulfide) groups is 1. The first-order valence-corrected chi connectivity index (χ1v) is 10.2. The number of halogens is 1. The van der Waals surface area contributed by atoms with Gasteiger partial charge in [-0.3, -0.25) is 4.79 Å². The second-order valence-corrected chi connectivity index (χ2v) is 7.69. The van der Waals surface area contributed by atoms with Crippen molar-refractivity contribution in [3.8, 4) is 5.75 Å². The minimum absolute atomic E-state index is 0.103. The molecule has 0 aromatic heterocycles. The van der Waals surface area contributed by atoms with Gasteiger partial charge in [0.1, 0.15) is 12.4 Å². The van der Waals surface area contributed by atoms with Crippen molar-refractivity contribution in [2.75, 3.05) is 25.5 Å². The molecule has 28 heavy (non-hydrogen) atoms. The summed E-state index contributed by atoms with van der Waals surface area (Å²) in [5, 5.41) is 3.31. The lowest BCUT2D eigenvalue weighted by molar-refractivity contribution is -0.145. The van der Waals surface area contributed by atoms with Crippen LogP contribution in [0.1, 0.15) is 12.0 Å². The van der Waals surface area contributed by atoms with Gasteiger partial charge >= 0.3 is 5.97 Å². The Kier molecular flexibility index (Phi) is 7.39. The fourth-order valence-electron chi connectivity index (χ4n) is 2.55. The Morgan fingerprint density at radius 1 is 1.18 bits per heavy atom. The largest absolute Gasteiger partial charge is 0.488 e. The van der Waals surface area contributed by atoms with E-state index in [0.717, 1.165) is 12.2 Å². The number of esters is 1. The van der Waals surface area contributed by atoms with Crippen LogP contribution in [-0.2, 0) is 14.3 Å². The number of hydrogen-bond acceptors (Lipinski definition) is 5. The highest BCUT2D eigenvalue weighted by atomic mass is 35.5. The standard InChI is InChI=1S/C21H20ClNO4S/c22-17-7-8-19-15(12-17)11-16(13-26-19)21(25)27-14-20(24)23-9-4-10-28-18-5-2-1-3-6-18/h1-3,5-8,11-12H,4,9-10,13-14H2,(H,23,24). The Bertz CT molecular complexity index is 870. The second kappa shape index (κ2) is 10.2. The zero-order chi connectivity index (χ0) is 19.8. The maximum absolute atomic E-state index is 12.1. The molecule has 1 amide bonds. The summed E-state index contributed by atoms with van der Waals surface area (Å²) < 4.78 is 10.6. The van der Waals surface area contributed by atoms with Gasteiger partial charge in [0.2, 0.25) is 0 Å². The van der Waals surface area contributed by atoms with Crippen molar-refractivity contribution in [3.63, 3.8) is 0 Å². The lowest BCUT2D eigenvalue weighted by Gasteiger charge is -2.17. The quantitative estimate of drug-likeness (QED) is 0.400. The molecule has 5 nitrogen and oxygen atoms in total. The van der Waals surface area contributed by atoms with Crippen LogP contribution in [0.4, 0.5) is 0 Å². The van der Waals surface area contributed by atoms with Gasteiger partial charge in [-0.25, -0.2) is 4.79 Å². The number of benzene rings is 2. The molecule has 0 aliphatic carbocycles. The predicted molar refractivity (Wildman–Crippen MR) is 111 cm³/mol. The van der Waals surface area contributed by atoms with Gasteiger partial charge < -0.3 is 14.8 Å². The van der Waals surface area contributed by atoms with E-state index in [1.54, 1.807) is 36.0 Å². The summed E-state index contributed by atoms with van der Waals surface area (Å²) in [4.78, 5) is 25.2. The smallest absolute Gasteiger partial charge is 0.338 e. The number of carbonyl (C=O) groups excluding carboxylic acids is 2. The number of rotatable bonds is 8. The summed E-state index contributed by atoms with van der Waals surface area (Å²) in [5.74, 6) is 0.669. The molecule has 1 heterocycles. The van der Waals surface area contributed by atoms with Gasteiger partial charge in [0.25, 0.3) is 5.91 Å². The molecule has 7 heteroatoms. The summed E-state index contributed by atoms with van der Waals surface area (Å²) in [7, 11) is 0. The Balaban J connectivity index is 1.36. The van der Waals surface area contributed by atoms with Crippen molar-refractivity contribution in [2.24, 2.45) is 0 Å². The average molecular weight is 418 g/mol. The molecule has 146 valence electrons. The van der Waals surface area contributed by atoms with E-state index in [4.69, 9.17) is 21.1 Å². The van der Waals surface area contributed by atoms with Crippen LogP contribution in [-0.4, -0.2) is 37.4 Å². The van der Waals surface area contributed by atoms with Gasteiger partial charge in [-0.05, 0) is 48.6 Å². The minimum atomic E-state index is -0.569. The highest BCUT2D eigenvalue weighted by Gasteiger charge is 2.19. The Labute approximate surface area is 173 Å². The fourth-order valence-corrected chi connectivity index (χ4v) is 3.60. The summed E-state index contributed by atoms with van der Waals surface area (Å²) in [5.41, 5.74) is 1.06. The third-order valence-electron chi connectivity index (χ3n) is 3.94. The molecule has 3 rings (SSSR count). The van der Waals surface area contributed by atoms with E-state index < -0.39 is 5.97 Å². The van der Waals surface area contributed by atoms with Crippen molar-refractivity contribution < 1.29 is 19.1 Å². The molecule has 0 atom stereocenters. The molecule has 0 saturated carbocycles. The van der Waals surface area contributed by atoms with Gasteiger partial charge in [0.15, 0.2) is 6.61 Å². The van der Waals surface area contributed by atoms with E-state index in [0.29, 0.717) is 28.5 Å². The van der Waals surface area contributed by atoms with Crippen molar-refractivity contribution >= 4 is 41.3 Å². The van der Waals surface area contributed by atoms with Crippen molar-refractivity contribution in [3.05, 3.63) is 64.7 Å². The monoisotopic (exact) mass is 417 g/mol. The topological polar surface area (TPSA) is 64.6 Å². The summed E-state index contributed by atoms with van der Waals surface area (Å²) in [6.45, 7) is 0.324. The van der Waals surface area contributed by atoms with Gasteiger partial charge in [-0.1, -0.05) is 29.8 Å². The summed E-state index contributed by atoms with van der Waals surface area (Å²) >= 11 is 7.69. The molecule has 0 spiro atoms. The van der Waals surface area contributed by atoms with E-state index in [1.165, 1.54) is 4.90 Å². The predicted octanol–water partition coefficient (Wildman–Crippen LogP) is 3.96. The van der Waals surface area contributed by atoms with E-state index in [1.807, 2.05) is 18.2 Å². The molecule has 0 radical (unpaired) electrons. The van der Waals surface area contributed by atoms with Crippen molar-refractivity contribution in [1.29, 1.82) is 0 Å². The van der Waals surface area contributed by atoms with Crippen LogP contribution >= 0.6 is 23.4 Å². The minimum Gasteiger partial charge on any atom is -0.488 e. The van der Waals surface area contributed by atoms with Crippen LogP contribution < -0.4 is 10.1 Å². The maximum atomic E-state index is 12.1. The Morgan fingerprint density at radius 3 is 2.82 bits per heavy atom. The van der Waals surface area contributed by atoms with Crippen molar-refractivity contribution in [1.82, 2.24) is 5.32 Å². The summed E-state index contributed by atoms with van der Waals surface area (Å²) in [6.07, 6.45) is 2.50. The number of fused-ring (bicyclic) bond motifs is 1. The van der Waals surface area contributed by atoms with Crippen molar-refractivity contribution in [2.45, 2.75) is 11.3 Å². The molecule has 1 aliphatic rings. The number of carbonyl (C=O) groups is 2. The SMILES string of the molecule is O=C(COC(=O)C1=Cc2cc(Cl)ccc2OC1)NCCCSc1ccccc1. The number of hydrogen-bond donors (Lipinski definition) is 1. The van der Waals surface area contributed by atoms with E-state index >= 15 is 0 Å². The van der Waals surface area contributed by atoms with Gasteiger partial charge in [0, 0.05) is 22.0 Å². The van der Waals surface area contributed by atoms with Crippen LogP contribution in [0, 0.1) is 0 Å². The first-order chi connectivity index (χ1) is 13.6. The zero-order valence-corrected chi connectivity index (χ0v) is 16.7. The van der Waals surface area contributed by atoms with Crippen LogP contribution in [0.15, 0.2) is 59.0 Å². The third-order valence-corrected chi connectivity index (χ3v) is 5.27. The number of ether oxygens (including phenoxy) is 2. The van der Waals surface area contributed by atoms with E-state index in [9.17, 15) is 9.59 Å². The Hall–Kier alpha value is -2.44. The molecule has 0 fully saturated rings. The van der Waals surface area contributed by atoms with Crippen LogP contribution in [0.5, 0.6) is 5.75 Å². The molecular weight excluding hydrogens is 398 g/mol. The van der Waals surface area contributed by atoms with Gasteiger partial charge in [0.05, 0.1) is 5.57 Å². The van der Waals surface area contributed by atoms with Gasteiger partial charge in [-0.2, -0.15) is 0 Å². The van der Waals surface area contributed by atoms with Gasteiger partial charge in [-0.15, -0.1) is 11.8 Å². The molecule has 1 aliphatic heterocycles. The maximum Gasteiger partial charge on any atom is 0.338 e. The summed E-state index contributed by atoms with van der Waals surface area (Å²) in [6, 6.07) is 15.3. The molecule has 0 unspecified atom stereocenters. The number of nitrogens with one attached hydrogen (secondary N) is 1. The van der Waals surface area contributed by atoms with Crippen LogP contribution in [0.2, 0.25) is 5.02 Å². The molecule has 0 bridgehead atoms.